The second-order valence-corrected chi connectivity index (χ2v) is 2.44. The molecule has 68 valence electrons. The highest BCUT2D eigenvalue weighted by Gasteiger charge is 2.18. The Hall–Kier alpha value is -1.62. The van der Waals surface area contributed by atoms with E-state index in [0.29, 0.717) is 11.4 Å². The number of rotatable bonds is 3. The van der Waals surface area contributed by atoms with Crippen LogP contribution >= 0.6 is 0 Å². The van der Waals surface area contributed by atoms with E-state index >= 15 is 0 Å². The quantitative estimate of drug-likeness (QED) is 0.714. The van der Waals surface area contributed by atoms with Crippen LogP contribution < -0.4 is 0 Å². The van der Waals surface area contributed by atoms with E-state index < -0.39 is 0 Å². The molecule has 5 heteroatoms. The van der Waals surface area contributed by atoms with Crippen molar-refractivity contribution in [3.8, 4) is 0 Å². The van der Waals surface area contributed by atoms with Crippen LogP contribution in [0.1, 0.15) is 17.5 Å². The van der Waals surface area contributed by atoms with Crippen molar-refractivity contribution >= 4 is 0 Å². The molecule has 5 nitrogen and oxygen atoms in total. The third kappa shape index (κ3) is 1.46. The lowest BCUT2D eigenvalue weighted by atomic mass is 10.2. The maximum atomic E-state index is 5.19. The molecule has 0 atom stereocenters. The first-order chi connectivity index (χ1) is 6.42. The minimum atomic E-state index is -0.322. The molecular weight excluding hydrogens is 172 g/mol. The molecule has 0 aliphatic carbocycles. The Morgan fingerprint density at radius 3 is 2.00 bits per heavy atom. The molecule has 13 heavy (non-hydrogen) atoms. The fourth-order valence-corrected chi connectivity index (χ4v) is 1.10. The second kappa shape index (κ2) is 3.40. The van der Waals surface area contributed by atoms with E-state index in [0.717, 1.165) is 0 Å². The zero-order chi connectivity index (χ0) is 9.10. The van der Waals surface area contributed by atoms with Crippen LogP contribution in [-0.4, -0.2) is 17.1 Å². The highest BCUT2D eigenvalue weighted by Crippen LogP contribution is 2.21. The lowest BCUT2D eigenvalue weighted by molar-refractivity contribution is 0.129. The predicted molar refractivity (Wildman–Crippen MR) is 41.9 cm³/mol. The molecule has 0 saturated carbocycles. The molecule has 2 aromatic heterocycles. The molecule has 2 rings (SSSR count). The van der Waals surface area contributed by atoms with Crippen molar-refractivity contribution in [1.29, 1.82) is 0 Å². The van der Waals surface area contributed by atoms with Gasteiger partial charge in [0.25, 0.3) is 0 Å². The first-order valence-corrected chi connectivity index (χ1v) is 3.71. The maximum Gasteiger partial charge on any atom is 0.180 e. The summed E-state index contributed by atoms with van der Waals surface area (Å²) in [6, 6.07) is 0. The molecular formula is C8H8N2O3. The molecule has 0 fully saturated rings. The van der Waals surface area contributed by atoms with E-state index in [1.54, 1.807) is 7.11 Å². The fourth-order valence-electron chi connectivity index (χ4n) is 1.10. The Labute approximate surface area is 74.4 Å². The third-order valence-electron chi connectivity index (χ3n) is 1.68. The summed E-state index contributed by atoms with van der Waals surface area (Å²) in [7, 11) is 1.58. The van der Waals surface area contributed by atoms with Gasteiger partial charge in [0, 0.05) is 7.11 Å². The van der Waals surface area contributed by atoms with E-state index in [1.165, 1.54) is 25.3 Å². The Morgan fingerprint density at radius 1 is 1.15 bits per heavy atom. The Kier molecular flexibility index (Phi) is 2.09. The van der Waals surface area contributed by atoms with Gasteiger partial charge < -0.3 is 13.6 Å². The Morgan fingerprint density at radius 2 is 1.69 bits per heavy atom. The van der Waals surface area contributed by atoms with Crippen molar-refractivity contribution in [3.05, 3.63) is 36.7 Å². The van der Waals surface area contributed by atoms with Gasteiger partial charge in [-0.1, -0.05) is 0 Å². The summed E-state index contributed by atoms with van der Waals surface area (Å²) < 4.78 is 14.9. The fraction of sp³-hybridized carbons (Fsp3) is 0.250. The molecule has 0 bridgehead atoms. The average molecular weight is 180 g/mol. The molecule has 0 unspecified atom stereocenters. The van der Waals surface area contributed by atoms with Crippen LogP contribution in [-0.2, 0) is 4.74 Å². The summed E-state index contributed by atoms with van der Waals surface area (Å²) in [6.07, 6.45) is 5.41. The summed E-state index contributed by atoms with van der Waals surface area (Å²) in [4.78, 5) is 7.94. The standard InChI is InChI=1S/C8H8N2O3/c1-11-8(6-2-12-4-9-6)7-3-13-5-10-7/h2-5,8H,1H3. The van der Waals surface area contributed by atoms with E-state index in [1.807, 2.05) is 0 Å². The number of nitrogens with zero attached hydrogens (tertiary/aromatic N) is 2. The van der Waals surface area contributed by atoms with Gasteiger partial charge in [-0.25, -0.2) is 9.97 Å². The molecule has 0 saturated heterocycles. The van der Waals surface area contributed by atoms with Crippen LogP contribution in [0.15, 0.2) is 34.1 Å². The molecule has 2 heterocycles. The summed E-state index contributed by atoms with van der Waals surface area (Å²) in [6.45, 7) is 0. The van der Waals surface area contributed by atoms with Crippen molar-refractivity contribution in [1.82, 2.24) is 9.97 Å². The zero-order valence-electron chi connectivity index (χ0n) is 7.01. The van der Waals surface area contributed by atoms with E-state index in [9.17, 15) is 0 Å². The molecule has 0 amide bonds. The minimum Gasteiger partial charge on any atom is -0.451 e. The van der Waals surface area contributed by atoms with Crippen molar-refractivity contribution in [2.45, 2.75) is 6.10 Å². The highest BCUT2D eigenvalue weighted by molar-refractivity contribution is 5.12. The number of hydrogen-bond acceptors (Lipinski definition) is 5. The molecule has 0 aliphatic rings. The summed E-state index contributed by atoms with van der Waals surface area (Å²) in [5.41, 5.74) is 1.35. The lowest BCUT2D eigenvalue weighted by Crippen LogP contribution is -2.03. The largest absolute Gasteiger partial charge is 0.451 e. The van der Waals surface area contributed by atoms with Crippen LogP contribution in [0.4, 0.5) is 0 Å². The van der Waals surface area contributed by atoms with Gasteiger partial charge in [0.05, 0.1) is 0 Å². The van der Waals surface area contributed by atoms with Gasteiger partial charge in [0.1, 0.15) is 30.0 Å². The van der Waals surface area contributed by atoms with Crippen molar-refractivity contribution in [2.24, 2.45) is 0 Å². The predicted octanol–water partition coefficient (Wildman–Crippen LogP) is 1.40. The van der Waals surface area contributed by atoms with Crippen LogP contribution in [0.3, 0.4) is 0 Å². The van der Waals surface area contributed by atoms with Gasteiger partial charge in [-0.2, -0.15) is 0 Å². The number of oxazole rings is 2. The maximum absolute atomic E-state index is 5.19. The molecule has 0 aromatic carbocycles. The Balaban J connectivity index is 2.29. The van der Waals surface area contributed by atoms with E-state index in [2.05, 4.69) is 9.97 Å². The average Bonchev–Trinajstić information content (AvgIpc) is 2.76. The first kappa shape index (κ1) is 8.00. The smallest absolute Gasteiger partial charge is 0.180 e. The minimum absolute atomic E-state index is 0.322. The normalized spacial score (nSPS) is 10.9. The van der Waals surface area contributed by atoms with Gasteiger partial charge in [0.15, 0.2) is 12.8 Å². The molecule has 0 radical (unpaired) electrons. The zero-order valence-corrected chi connectivity index (χ0v) is 7.01. The SMILES string of the molecule is COC(c1cocn1)c1cocn1. The van der Waals surface area contributed by atoms with Crippen LogP contribution in [0.2, 0.25) is 0 Å². The van der Waals surface area contributed by atoms with Crippen LogP contribution in [0.25, 0.3) is 0 Å². The molecule has 0 aliphatic heterocycles. The van der Waals surface area contributed by atoms with Gasteiger partial charge >= 0.3 is 0 Å². The molecule has 2 aromatic rings. The van der Waals surface area contributed by atoms with Gasteiger partial charge in [0.2, 0.25) is 0 Å². The lowest BCUT2D eigenvalue weighted by Gasteiger charge is -2.07. The van der Waals surface area contributed by atoms with Crippen molar-refractivity contribution in [2.75, 3.05) is 7.11 Å². The van der Waals surface area contributed by atoms with Crippen molar-refractivity contribution < 1.29 is 13.6 Å². The first-order valence-electron chi connectivity index (χ1n) is 3.71. The number of aromatic nitrogens is 2. The van der Waals surface area contributed by atoms with Crippen LogP contribution in [0, 0.1) is 0 Å². The van der Waals surface area contributed by atoms with Gasteiger partial charge in [-0.15, -0.1) is 0 Å². The van der Waals surface area contributed by atoms with Gasteiger partial charge in [-0.05, 0) is 0 Å². The van der Waals surface area contributed by atoms with Gasteiger partial charge in [-0.3, -0.25) is 0 Å². The summed E-state index contributed by atoms with van der Waals surface area (Å²) in [5.74, 6) is 0. The van der Waals surface area contributed by atoms with Crippen molar-refractivity contribution in [3.63, 3.8) is 0 Å². The third-order valence-corrected chi connectivity index (χ3v) is 1.68. The monoisotopic (exact) mass is 180 g/mol. The summed E-state index contributed by atoms with van der Waals surface area (Å²) in [5, 5.41) is 0. The second-order valence-electron chi connectivity index (χ2n) is 2.44. The molecule has 0 N–H and O–H groups in total. The Bertz CT molecular complexity index is 307. The molecule has 0 spiro atoms. The van der Waals surface area contributed by atoms with Crippen LogP contribution in [0.5, 0.6) is 0 Å². The summed E-state index contributed by atoms with van der Waals surface area (Å²) >= 11 is 0. The van der Waals surface area contributed by atoms with E-state index in [-0.39, 0.29) is 6.10 Å². The number of methoxy groups -OCH3 is 1. The topological polar surface area (TPSA) is 61.3 Å². The van der Waals surface area contributed by atoms with E-state index in [4.69, 9.17) is 13.6 Å². The number of hydrogen-bond donors (Lipinski definition) is 0. The number of ether oxygens (including phenoxy) is 1. The highest BCUT2D eigenvalue weighted by atomic mass is 16.5.